The van der Waals surface area contributed by atoms with Crippen LogP contribution >= 0.6 is 0 Å². The van der Waals surface area contributed by atoms with Crippen molar-refractivity contribution < 1.29 is 49.0 Å². The van der Waals surface area contributed by atoms with Gasteiger partial charge in [0.2, 0.25) is 0 Å². The smallest absolute Gasteiger partial charge is 0.458 e. The van der Waals surface area contributed by atoms with Crippen LogP contribution < -0.4 is 0 Å². The lowest BCUT2D eigenvalue weighted by Crippen LogP contribution is -2.63. The van der Waals surface area contributed by atoms with Crippen LogP contribution in [0.25, 0.3) is 0 Å². The Morgan fingerprint density at radius 2 is 1.34 bits per heavy atom. The van der Waals surface area contributed by atoms with Crippen molar-refractivity contribution >= 4 is 5.97 Å². The summed E-state index contributed by atoms with van der Waals surface area (Å²) in [4.78, 5) is 12.6. The Morgan fingerprint density at radius 3 is 1.75 bits per heavy atom. The van der Waals surface area contributed by atoms with Crippen LogP contribution in [0, 0.1) is 29.6 Å². The van der Waals surface area contributed by atoms with Crippen LogP contribution in [-0.2, 0) is 9.53 Å². The van der Waals surface area contributed by atoms with Crippen LogP contribution in [0.3, 0.4) is 0 Å². The fourth-order valence-corrected chi connectivity index (χ4v) is 5.98. The second-order valence-electron chi connectivity index (χ2n) is 9.84. The van der Waals surface area contributed by atoms with Gasteiger partial charge in [-0.25, -0.2) is 0 Å². The van der Waals surface area contributed by atoms with Gasteiger partial charge in [0.25, 0.3) is 0 Å². The summed E-state index contributed by atoms with van der Waals surface area (Å²) < 4.78 is 126. The molecule has 2 nitrogen and oxygen atoms in total. The van der Waals surface area contributed by atoms with E-state index >= 15 is 0 Å². The Kier molecular flexibility index (Phi) is 6.33. The second-order valence-corrected chi connectivity index (χ2v) is 9.84. The normalized spacial score (nSPS) is 34.0. The molecule has 1 unspecified atom stereocenters. The molecule has 4 fully saturated rings. The molecule has 0 radical (unpaired) electrons. The summed E-state index contributed by atoms with van der Waals surface area (Å²) in [5, 5.41) is 0. The molecule has 186 valence electrons. The fourth-order valence-electron chi connectivity index (χ4n) is 5.98. The molecule has 0 aromatic rings. The Bertz CT molecular complexity index is 689. The van der Waals surface area contributed by atoms with Gasteiger partial charge in [-0.05, 0) is 68.6 Å². The molecule has 4 aliphatic rings. The first-order chi connectivity index (χ1) is 14.5. The van der Waals surface area contributed by atoms with Crippen LogP contribution in [0.1, 0.15) is 65.2 Å². The maximum Gasteiger partial charge on any atom is 0.460 e. The number of halogens is 9. The Balaban J connectivity index is 1.89. The summed E-state index contributed by atoms with van der Waals surface area (Å²) in [6, 6.07) is 0. The average molecular weight is 482 g/mol. The highest BCUT2D eigenvalue weighted by Crippen LogP contribution is 2.62. The van der Waals surface area contributed by atoms with E-state index < -0.39 is 66.1 Å². The van der Waals surface area contributed by atoms with Crippen molar-refractivity contribution in [2.45, 2.75) is 94.8 Å². The van der Waals surface area contributed by atoms with Crippen LogP contribution in [0.2, 0.25) is 0 Å². The molecule has 32 heavy (non-hydrogen) atoms. The van der Waals surface area contributed by atoms with Crippen LogP contribution in [-0.4, -0.2) is 35.5 Å². The van der Waals surface area contributed by atoms with E-state index in [1.807, 2.05) is 0 Å². The minimum atomic E-state index is -6.91. The lowest BCUT2D eigenvalue weighted by Gasteiger charge is -2.60. The summed E-state index contributed by atoms with van der Waals surface area (Å²) in [5.74, 6) is -20.7. The van der Waals surface area contributed by atoms with E-state index in [1.165, 1.54) is 0 Å². The SMILES string of the molecule is CCC(C)C(=O)OC1(CCC(F)(F)C(F)(F)C(F)(F)C(F)(F)F)C2CC3CC(C2)CC1C3. The number of rotatable bonds is 8. The standard InChI is InChI=1S/C21H27F9O2/c1-3-11(2)16(31)32-17(14-7-12-6-13(9-14)10-15(17)8-12)4-5-18(22,23)19(24,25)20(26,27)21(28,29)30/h11-15H,3-10H2,1-2H3. The number of carbonyl (C=O) groups is 1. The predicted molar refractivity (Wildman–Crippen MR) is 95.5 cm³/mol. The third kappa shape index (κ3) is 3.89. The molecular formula is C21H27F9O2. The first kappa shape index (κ1) is 25.5. The molecule has 0 saturated heterocycles. The number of hydrogen-bond donors (Lipinski definition) is 0. The maximum atomic E-state index is 14.3. The van der Waals surface area contributed by atoms with Crippen LogP contribution in [0.4, 0.5) is 39.5 Å². The molecule has 0 aromatic heterocycles. The monoisotopic (exact) mass is 482 g/mol. The van der Waals surface area contributed by atoms with Gasteiger partial charge >= 0.3 is 29.9 Å². The van der Waals surface area contributed by atoms with Gasteiger partial charge in [0, 0.05) is 6.42 Å². The highest BCUT2D eigenvalue weighted by atomic mass is 19.4. The van der Waals surface area contributed by atoms with Crippen molar-refractivity contribution in [2.24, 2.45) is 29.6 Å². The van der Waals surface area contributed by atoms with Gasteiger partial charge in [-0.15, -0.1) is 0 Å². The van der Waals surface area contributed by atoms with Crippen molar-refractivity contribution in [3.63, 3.8) is 0 Å². The Morgan fingerprint density at radius 1 is 0.875 bits per heavy atom. The van der Waals surface area contributed by atoms with Gasteiger partial charge in [-0.2, -0.15) is 39.5 Å². The van der Waals surface area contributed by atoms with Gasteiger partial charge in [0.05, 0.1) is 5.92 Å². The third-order valence-electron chi connectivity index (χ3n) is 7.86. The lowest BCUT2D eigenvalue weighted by atomic mass is 9.49. The fraction of sp³-hybridized carbons (Fsp3) is 0.952. The molecule has 0 aromatic carbocycles. The minimum absolute atomic E-state index is 0.282. The maximum absolute atomic E-state index is 14.3. The van der Waals surface area contributed by atoms with E-state index in [-0.39, 0.29) is 11.8 Å². The molecule has 0 spiro atoms. The molecule has 4 aliphatic carbocycles. The van der Waals surface area contributed by atoms with Gasteiger partial charge in [-0.3, -0.25) is 4.79 Å². The zero-order chi connectivity index (χ0) is 24.3. The molecule has 0 heterocycles. The van der Waals surface area contributed by atoms with Gasteiger partial charge < -0.3 is 4.74 Å². The number of alkyl halides is 9. The molecule has 0 aliphatic heterocycles. The number of carbonyl (C=O) groups excluding carboxylic acids is 1. The summed E-state index contributed by atoms with van der Waals surface area (Å²) in [6.45, 7) is 3.25. The first-order valence-electron chi connectivity index (χ1n) is 10.9. The molecule has 4 bridgehead atoms. The lowest BCUT2D eigenvalue weighted by molar-refractivity contribution is -0.397. The highest BCUT2D eigenvalue weighted by Gasteiger charge is 2.81. The number of hydrogen-bond acceptors (Lipinski definition) is 2. The van der Waals surface area contributed by atoms with E-state index in [0.717, 1.165) is 6.42 Å². The first-order valence-corrected chi connectivity index (χ1v) is 10.9. The largest absolute Gasteiger partial charge is 0.460 e. The summed E-state index contributed by atoms with van der Waals surface area (Å²) in [5.41, 5.74) is -1.55. The Hall–Kier alpha value is -1.16. The third-order valence-corrected chi connectivity index (χ3v) is 7.86. The summed E-state index contributed by atoms with van der Waals surface area (Å²) in [6.07, 6.45) is -6.24. The molecular weight excluding hydrogens is 455 g/mol. The van der Waals surface area contributed by atoms with E-state index in [4.69, 9.17) is 4.74 Å². The molecule has 0 N–H and O–H groups in total. The quantitative estimate of drug-likeness (QED) is 0.275. The van der Waals surface area contributed by atoms with Gasteiger partial charge in [0.1, 0.15) is 5.60 Å². The molecule has 4 saturated carbocycles. The number of ether oxygens (including phenoxy) is 1. The topological polar surface area (TPSA) is 26.3 Å². The second kappa shape index (κ2) is 7.96. The molecule has 1 atom stereocenters. The van der Waals surface area contributed by atoms with Crippen molar-refractivity contribution in [2.75, 3.05) is 0 Å². The van der Waals surface area contributed by atoms with E-state index in [0.29, 0.717) is 32.1 Å². The van der Waals surface area contributed by atoms with E-state index in [2.05, 4.69) is 0 Å². The van der Waals surface area contributed by atoms with Gasteiger partial charge in [0.15, 0.2) is 0 Å². The van der Waals surface area contributed by atoms with Crippen molar-refractivity contribution in [1.29, 1.82) is 0 Å². The predicted octanol–water partition coefficient (Wildman–Crippen LogP) is 7.02. The van der Waals surface area contributed by atoms with E-state index in [9.17, 15) is 44.3 Å². The molecule has 11 heteroatoms. The molecule has 4 rings (SSSR count). The van der Waals surface area contributed by atoms with Gasteiger partial charge in [-0.1, -0.05) is 13.8 Å². The van der Waals surface area contributed by atoms with Crippen molar-refractivity contribution in [1.82, 2.24) is 0 Å². The molecule has 0 amide bonds. The highest BCUT2D eigenvalue weighted by molar-refractivity contribution is 5.72. The van der Waals surface area contributed by atoms with E-state index in [1.54, 1.807) is 13.8 Å². The number of esters is 1. The summed E-state index contributed by atoms with van der Waals surface area (Å²) >= 11 is 0. The van der Waals surface area contributed by atoms with Crippen LogP contribution in [0.15, 0.2) is 0 Å². The minimum Gasteiger partial charge on any atom is -0.458 e. The zero-order valence-corrected chi connectivity index (χ0v) is 17.8. The van der Waals surface area contributed by atoms with Crippen molar-refractivity contribution in [3.8, 4) is 0 Å². The van der Waals surface area contributed by atoms with Crippen molar-refractivity contribution in [3.05, 3.63) is 0 Å². The Labute approximate surface area is 180 Å². The van der Waals surface area contributed by atoms with Crippen LogP contribution in [0.5, 0.6) is 0 Å². The summed E-state index contributed by atoms with van der Waals surface area (Å²) in [7, 11) is 0. The average Bonchev–Trinajstić information content (AvgIpc) is 2.67. The zero-order valence-electron chi connectivity index (χ0n) is 17.8.